The molecule has 6 heteroatoms. The first kappa shape index (κ1) is 16.1. The number of nitrogens with zero attached hydrogens (tertiary/aromatic N) is 1. The maximum absolute atomic E-state index is 12.4. The molecule has 2 N–H and O–H groups in total. The summed E-state index contributed by atoms with van der Waals surface area (Å²) in [7, 11) is 0. The minimum atomic E-state index is -0.290. The number of halogens is 1. The molecule has 122 valence electrons. The van der Waals surface area contributed by atoms with Crippen LogP contribution in [0.1, 0.15) is 21.8 Å². The van der Waals surface area contributed by atoms with Crippen molar-refractivity contribution in [3.63, 3.8) is 0 Å². The monoisotopic (exact) mass is 341 g/mol. The van der Waals surface area contributed by atoms with Gasteiger partial charge >= 0.3 is 0 Å². The van der Waals surface area contributed by atoms with Crippen molar-refractivity contribution in [3.05, 3.63) is 77.0 Å². The largest absolute Gasteiger partial charge is 0.467 e. The van der Waals surface area contributed by atoms with Crippen molar-refractivity contribution in [2.75, 3.05) is 10.6 Å². The Morgan fingerprint density at radius 3 is 2.92 bits per heavy atom. The molecule has 0 spiro atoms. The molecule has 0 atom stereocenters. The molecule has 2 heterocycles. The van der Waals surface area contributed by atoms with Crippen LogP contribution in [0.4, 0.5) is 11.4 Å². The fourth-order valence-electron chi connectivity index (χ4n) is 2.18. The van der Waals surface area contributed by atoms with Gasteiger partial charge in [0.2, 0.25) is 0 Å². The van der Waals surface area contributed by atoms with Crippen molar-refractivity contribution in [3.8, 4) is 0 Å². The van der Waals surface area contributed by atoms with E-state index in [1.54, 1.807) is 36.7 Å². The van der Waals surface area contributed by atoms with Gasteiger partial charge in [-0.15, -0.1) is 0 Å². The summed E-state index contributed by atoms with van der Waals surface area (Å²) in [6, 6.07) is 12.5. The molecule has 3 aromatic rings. The molecule has 2 aromatic heterocycles. The van der Waals surface area contributed by atoms with Gasteiger partial charge in [0, 0.05) is 22.6 Å². The average Bonchev–Trinajstić information content (AvgIpc) is 3.10. The van der Waals surface area contributed by atoms with Crippen LogP contribution in [0.25, 0.3) is 0 Å². The van der Waals surface area contributed by atoms with Crippen LogP contribution in [0.15, 0.2) is 59.3 Å². The number of hydrogen-bond donors (Lipinski definition) is 2. The van der Waals surface area contributed by atoms with E-state index in [1.807, 2.05) is 25.1 Å². The smallest absolute Gasteiger partial charge is 0.274 e. The van der Waals surface area contributed by atoms with Gasteiger partial charge in [-0.1, -0.05) is 17.7 Å². The molecule has 1 aromatic carbocycles. The van der Waals surface area contributed by atoms with Crippen LogP contribution in [0.2, 0.25) is 5.02 Å². The SMILES string of the molecule is Cc1ccc(Cl)cc1NC(=O)c1cc(NCc2ccco2)ccn1. The van der Waals surface area contributed by atoms with E-state index in [2.05, 4.69) is 15.6 Å². The predicted octanol–water partition coefficient (Wildman–Crippen LogP) is 4.50. The van der Waals surface area contributed by atoms with Crippen molar-refractivity contribution < 1.29 is 9.21 Å². The third kappa shape index (κ3) is 3.94. The molecule has 0 aliphatic heterocycles. The number of benzene rings is 1. The number of aryl methyl sites for hydroxylation is 1. The van der Waals surface area contributed by atoms with Gasteiger partial charge in [0.25, 0.3) is 5.91 Å². The van der Waals surface area contributed by atoms with E-state index in [4.69, 9.17) is 16.0 Å². The molecule has 24 heavy (non-hydrogen) atoms. The second-order valence-corrected chi connectivity index (χ2v) is 5.71. The van der Waals surface area contributed by atoms with Crippen molar-refractivity contribution in [1.29, 1.82) is 0 Å². The highest BCUT2D eigenvalue weighted by molar-refractivity contribution is 6.31. The second kappa shape index (κ2) is 7.19. The summed E-state index contributed by atoms with van der Waals surface area (Å²) in [6.07, 6.45) is 3.21. The number of amides is 1. The maximum atomic E-state index is 12.4. The topological polar surface area (TPSA) is 67.2 Å². The third-order valence-corrected chi connectivity index (χ3v) is 3.72. The van der Waals surface area contributed by atoms with Gasteiger partial charge in [0.05, 0.1) is 12.8 Å². The summed E-state index contributed by atoms with van der Waals surface area (Å²) in [5.74, 6) is 0.523. The van der Waals surface area contributed by atoms with Gasteiger partial charge < -0.3 is 15.1 Å². The van der Waals surface area contributed by atoms with E-state index >= 15 is 0 Å². The molecular formula is C18H16ClN3O2. The molecule has 5 nitrogen and oxygen atoms in total. The van der Waals surface area contributed by atoms with Crippen LogP contribution in [-0.2, 0) is 6.54 Å². The van der Waals surface area contributed by atoms with Gasteiger partial charge in [-0.05, 0) is 48.9 Å². The Labute approximate surface area is 144 Å². The fourth-order valence-corrected chi connectivity index (χ4v) is 2.35. The lowest BCUT2D eigenvalue weighted by Gasteiger charge is -2.10. The molecular weight excluding hydrogens is 326 g/mol. The molecule has 1 amide bonds. The minimum absolute atomic E-state index is 0.290. The van der Waals surface area contributed by atoms with Crippen LogP contribution in [0.5, 0.6) is 0 Å². The highest BCUT2D eigenvalue weighted by Gasteiger charge is 2.10. The van der Waals surface area contributed by atoms with E-state index in [0.717, 1.165) is 17.0 Å². The third-order valence-electron chi connectivity index (χ3n) is 3.49. The van der Waals surface area contributed by atoms with Crippen molar-refractivity contribution in [2.45, 2.75) is 13.5 Å². The number of hydrogen-bond acceptors (Lipinski definition) is 4. The number of carbonyl (C=O) groups is 1. The van der Waals surface area contributed by atoms with Gasteiger partial charge in [-0.2, -0.15) is 0 Å². The fraction of sp³-hybridized carbons (Fsp3) is 0.111. The zero-order chi connectivity index (χ0) is 16.9. The number of furan rings is 1. The summed E-state index contributed by atoms with van der Waals surface area (Å²) in [4.78, 5) is 16.5. The number of nitrogens with one attached hydrogen (secondary N) is 2. The molecule has 0 radical (unpaired) electrons. The van der Waals surface area contributed by atoms with Gasteiger partial charge in [-0.3, -0.25) is 9.78 Å². The van der Waals surface area contributed by atoms with Crippen molar-refractivity contribution in [2.24, 2.45) is 0 Å². The molecule has 0 aliphatic carbocycles. The summed E-state index contributed by atoms with van der Waals surface area (Å²) in [5, 5.41) is 6.59. The molecule has 0 bridgehead atoms. The molecule has 0 saturated heterocycles. The zero-order valence-electron chi connectivity index (χ0n) is 13.0. The number of rotatable bonds is 5. The lowest BCUT2D eigenvalue weighted by molar-refractivity contribution is 0.102. The minimum Gasteiger partial charge on any atom is -0.467 e. The summed E-state index contributed by atoms with van der Waals surface area (Å²) in [6.45, 7) is 2.44. The van der Waals surface area contributed by atoms with Gasteiger partial charge in [0.1, 0.15) is 11.5 Å². The first-order valence-corrected chi connectivity index (χ1v) is 7.79. The Morgan fingerprint density at radius 1 is 1.25 bits per heavy atom. The maximum Gasteiger partial charge on any atom is 0.274 e. The Balaban J connectivity index is 1.70. The highest BCUT2D eigenvalue weighted by atomic mass is 35.5. The molecule has 3 rings (SSSR count). The molecule has 0 aliphatic rings. The van der Waals surface area contributed by atoms with E-state index < -0.39 is 0 Å². The Morgan fingerprint density at radius 2 is 2.12 bits per heavy atom. The van der Waals surface area contributed by atoms with Crippen molar-refractivity contribution >= 4 is 28.9 Å². The number of carbonyl (C=O) groups excluding carboxylic acids is 1. The van der Waals surface area contributed by atoms with Gasteiger partial charge in [0.15, 0.2) is 0 Å². The molecule has 0 unspecified atom stereocenters. The predicted molar refractivity (Wildman–Crippen MR) is 94.4 cm³/mol. The Kier molecular flexibility index (Phi) is 4.82. The lowest BCUT2D eigenvalue weighted by atomic mass is 10.2. The van der Waals surface area contributed by atoms with Crippen LogP contribution >= 0.6 is 11.6 Å². The first-order chi connectivity index (χ1) is 11.6. The van der Waals surface area contributed by atoms with E-state index in [0.29, 0.717) is 22.9 Å². The summed E-state index contributed by atoms with van der Waals surface area (Å²) in [5.41, 5.74) is 2.70. The standard InChI is InChI=1S/C18H16ClN3O2/c1-12-4-5-13(19)9-16(12)22-18(23)17-10-14(6-7-20-17)21-11-15-3-2-8-24-15/h2-10H,11H2,1H3,(H,20,21)(H,22,23). The number of aromatic nitrogens is 1. The Hall–Kier alpha value is -2.79. The lowest BCUT2D eigenvalue weighted by Crippen LogP contribution is -2.14. The average molecular weight is 342 g/mol. The van der Waals surface area contributed by atoms with Crippen LogP contribution in [-0.4, -0.2) is 10.9 Å². The molecule has 0 saturated carbocycles. The van der Waals surface area contributed by atoms with Crippen LogP contribution in [0, 0.1) is 6.92 Å². The molecule has 0 fully saturated rings. The van der Waals surface area contributed by atoms with E-state index in [1.165, 1.54) is 0 Å². The first-order valence-electron chi connectivity index (χ1n) is 7.41. The van der Waals surface area contributed by atoms with Gasteiger partial charge in [-0.25, -0.2) is 0 Å². The summed E-state index contributed by atoms with van der Waals surface area (Å²) >= 11 is 5.98. The zero-order valence-corrected chi connectivity index (χ0v) is 13.8. The highest BCUT2D eigenvalue weighted by Crippen LogP contribution is 2.21. The quantitative estimate of drug-likeness (QED) is 0.717. The van der Waals surface area contributed by atoms with Crippen LogP contribution in [0.3, 0.4) is 0 Å². The normalized spacial score (nSPS) is 10.4. The van der Waals surface area contributed by atoms with E-state index in [9.17, 15) is 4.79 Å². The van der Waals surface area contributed by atoms with E-state index in [-0.39, 0.29) is 5.91 Å². The second-order valence-electron chi connectivity index (χ2n) is 5.28. The van der Waals surface area contributed by atoms with Crippen LogP contribution < -0.4 is 10.6 Å². The summed E-state index contributed by atoms with van der Waals surface area (Å²) < 4.78 is 5.27. The van der Waals surface area contributed by atoms with Crippen molar-refractivity contribution in [1.82, 2.24) is 4.98 Å². The number of pyridine rings is 1. The number of anilines is 2. The Bertz CT molecular complexity index is 847.